The molecule has 1 aliphatic carbocycles. The lowest BCUT2D eigenvalue weighted by molar-refractivity contribution is -0.128. The Morgan fingerprint density at radius 2 is 1.82 bits per heavy atom. The molecule has 172 valence electrons. The lowest BCUT2D eigenvalue weighted by Crippen LogP contribution is -2.41. The molecule has 1 saturated heterocycles. The molecule has 1 amide bonds. The smallest absolute Gasteiger partial charge is 0.337 e. The minimum absolute atomic E-state index is 0.0712. The Balaban J connectivity index is 1.40. The number of carbonyl (C=O) groups is 3. The minimum Gasteiger partial charge on any atom is -0.465 e. The molecule has 0 unspecified atom stereocenters. The third-order valence-corrected chi connectivity index (χ3v) is 7.19. The van der Waals surface area contributed by atoms with E-state index in [1.54, 1.807) is 18.2 Å². The van der Waals surface area contributed by atoms with Gasteiger partial charge in [0.25, 0.3) is 0 Å². The van der Waals surface area contributed by atoms with Crippen molar-refractivity contribution in [2.75, 3.05) is 13.7 Å². The third kappa shape index (κ3) is 4.88. The van der Waals surface area contributed by atoms with Crippen molar-refractivity contribution in [2.45, 2.75) is 50.0 Å². The molecule has 0 aromatic heterocycles. The second-order valence-corrected chi connectivity index (χ2v) is 9.23. The van der Waals surface area contributed by atoms with Gasteiger partial charge in [-0.1, -0.05) is 48.4 Å². The zero-order valence-electron chi connectivity index (χ0n) is 18.8. The largest absolute Gasteiger partial charge is 0.465 e. The van der Waals surface area contributed by atoms with Crippen molar-refractivity contribution < 1.29 is 19.1 Å². The fourth-order valence-electron chi connectivity index (χ4n) is 4.76. The van der Waals surface area contributed by atoms with E-state index >= 15 is 0 Å². The van der Waals surface area contributed by atoms with Crippen molar-refractivity contribution in [1.29, 1.82) is 0 Å². The van der Waals surface area contributed by atoms with Gasteiger partial charge < -0.3 is 9.64 Å². The number of rotatable bonds is 8. The lowest BCUT2D eigenvalue weighted by Gasteiger charge is -2.40. The number of ether oxygens (including phenoxy) is 1. The van der Waals surface area contributed by atoms with Crippen LogP contribution in [0.3, 0.4) is 0 Å². The Hall–Kier alpha value is -2.92. The van der Waals surface area contributed by atoms with Crippen molar-refractivity contribution >= 4 is 29.3 Å². The highest BCUT2D eigenvalue weighted by atomic mass is 35.5. The maximum atomic E-state index is 13.2. The first-order valence-electron chi connectivity index (χ1n) is 11.4. The standard InChI is InChI=1S/C27H28ClNO4/c1-33-26(32)20-5-3-19(4-6-20)15-18-29-23(12-14-25(29)31)11-13-24(30)27(16-2-17-27)21-7-9-22(28)10-8-21/h3-11,13,23H,2,12,14-18H2,1H3/b13-11+/t23-/m0/s1. The minimum atomic E-state index is -0.462. The number of amides is 1. The SMILES string of the molecule is COC(=O)c1ccc(CCN2C(=O)CC[C@@H]2/C=C/C(=O)C2(c3ccc(Cl)cc3)CCC2)cc1. The van der Waals surface area contributed by atoms with Gasteiger partial charge in [0.2, 0.25) is 5.91 Å². The van der Waals surface area contributed by atoms with Crippen molar-refractivity contribution in [3.63, 3.8) is 0 Å². The van der Waals surface area contributed by atoms with E-state index in [4.69, 9.17) is 16.3 Å². The summed E-state index contributed by atoms with van der Waals surface area (Å²) in [6.45, 7) is 0.571. The van der Waals surface area contributed by atoms with Crippen LogP contribution in [-0.4, -0.2) is 42.3 Å². The summed E-state index contributed by atoms with van der Waals surface area (Å²) >= 11 is 6.02. The summed E-state index contributed by atoms with van der Waals surface area (Å²) in [5, 5.41) is 0.663. The molecule has 2 aromatic rings. The first kappa shape index (κ1) is 23.2. The van der Waals surface area contributed by atoms with Crippen molar-refractivity contribution in [2.24, 2.45) is 0 Å². The van der Waals surface area contributed by atoms with Crippen LogP contribution < -0.4 is 0 Å². The summed E-state index contributed by atoms with van der Waals surface area (Å²) in [4.78, 5) is 39.1. The van der Waals surface area contributed by atoms with Gasteiger partial charge in [0.05, 0.1) is 24.1 Å². The molecule has 0 N–H and O–H groups in total. The number of ketones is 1. The molecular weight excluding hydrogens is 438 g/mol. The van der Waals surface area contributed by atoms with Crippen LogP contribution in [0.25, 0.3) is 0 Å². The molecule has 2 aromatic carbocycles. The van der Waals surface area contributed by atoms with Crippen molar-refractivity contribution in [3.05, 3.63) is 82.4 Å². The number of nitrogens with zero attached hydrogens (tertiary/aromatic N) is 1. The Bertz CT molecular complexity index is 1050. The summed E-state index contributed by atoms with van der Waals surface area (Å²) in [7, 11) is 1.36. The number of hydrogen-bond acceptors (Lipinski definition) is 4. The number of hydrogen-bond donors (Lipinski definition) is 0. The second kappa shape index (κ2) is 9.92. The second-order valence-electron chi connectivity index (χ2n) is 8.80. The summed E-state index contributed by atoms with van der Waals surface area (Å²) in [5.74, 6) is -0.151. The van der Waals surface area contributed by atoms with E-state index in [1.165, 1.54) is 7.11 Å². The highest BCUT2D eigenvalue weighted by molar-refractivity contribution is 6.30. The molecule has 1 heterocycles. The maximum Gasteiger partial charge on any atom is 0.337 e. The first-order chi connectivity index (χ1) is 15.9. The number of methoxy groups -OCH3 is 1. The predicted molar refractivity (Wildman–Crippen MR) is 127 cm³/mol. The fraction of sp³-hybridized carbons (Fsp3) is 0.370. The predicted octanol–water partition coefficient (Wildman–Crippen LogP) is 4.91. The molecule has 2 aliphatic rings. The summed E-state index contributed by atoms with van der Waals surface area (Å²) in [5.41, 5.74) is 2.10. The Labute approximate surface area is 199 Å². The van der Waals surface area contributed by atoms with Crippen LogP contribution in [0, 0.1) is 0 Å². The molecule has 1 atom stereocenters. The number of allylic oxidation sites excluding steroid dienone is 1. The van der Waals surface area contributed by atoms with E-state index in [2.05, 4.69) is 0 Å². The van der Waals surface area contributed by atoms with Crippen LogP contribution in [0.15, 0.2) is 60.7 Å². The number of likely N-dealkylation sites (tertiary alicyclic amines) is 1. The maximum absolute atomic E-state index is 13.2. The highest BCUT2D eigenvalue weighted by Crippen LogP contribution is 2.45. The average molecular weight is 466 g/mol. The molecule has 0 bridgehead atoms. The van der Waals surface area contributed by atoms with Gasteiger partial charge in [-0.25, -0.2) is 4.79 Å². The number of carbonyl (C=O) groups excluding carboxylic acids is 3. The van der Waals surface area contributed by atoms with Gasteiger partial charge in [-0.2, -0.15) is 0 Å². The molecule has 33 heavy (non-hydrogen) atoms. The molecule has 2 fully saturated rings. The Morgan fingerprint density at radius 3 is 2.42 bits per heavy atom. The summed E-state index contributed by atoms with van der Waals surface area (Å²) < 4.78 is 4.73. The Morgan fingerprint density at radius 1 is 1.12 bits per heavy atom. The van der Waals surface area contributed by atoms with Crippen molar-refractivity contribution in [1.82, 2.24) is 4.90 Å². The number of esters is 1. The van der Waals surface area contributed by atoms with Crippen LogP contribution in [0.5, 0.6) is 0 Å². The molecule has 1 aliphatic heterocycles. The summed E-state index contributed by atoms with van der Waals surface area (Å²) in [6, 6.07) is 14.7. The third-order valence-electron chi connectivity index (χ3n) is 6.94. The zero-order valence-corrected chi connectivity index (χ0v) is 19.5. The first-order valence-corrected chi connectivity index (χ1v) is 11.8. The lowest BCUT2D eigenvalue weighted by atomic mass is 9.62. The van der Waals surface area contributed by atoms with E-state index in [1.807, 2.05) is 47.4 Å². The normalized spacial score (nSPS) is 19.5. The van der Waals surface area contributed by atoms with Gasteiger partial charge in [0.15, 0.2) is 5.78 Å². The quantitative estimate of drug-likeness (QED) is 0.410. The molecular formula is C27H28ClNO4. The van der Waals surface area contributed by atoms with Gasteiger partial charge in [0.1, 0.15) is 0 Å². The van der Waals surface area contributed by atoms with Crippen LogP contribution in [0.4, 0.5) is 0 Å². The molecule has 6 heteroatoms. The van der Waals surface area contributed by atoms with Crippen LogP contribution in [-0.2, 0) is 26.2 Å². The summed E-state index contributed by atoms with van der Waals surface area (Å²) in [6.07, 6.45) is 8.20. The van der Waals surface area contributed by atoms with E-state index < -0.39 is 5.41 Å². The molecule has 1 saturated carbocycles. The highest BCUT2D eigenvalue weighted by Gasteiger charge is 2.44. The number of benzene rings is 2. The van der Waals surface area contributed by atoms with Crippen LogP contribution >= 0.6 is 11.6 Å². The van der Waals surface area contributed by atoms with Gasteiger partial charge in [-0.05, 0) is 67.2 Å². The molecule has 4 rings (SSSR count). The average Bonchev–Trinajstić information content (AvgIpc) is 3.15. The molecule has 5 nitrogen and oxygen atoms in total. The van der Waals surface area contributed by atoms with Crippen LogP contribution in [0.1, 0.15) is 53.6 Å². The van der Waals surface area contributed by atoms with Gasteiger partial charge in [0, 0.05) is 18.0 Å². The van der Waals surface area contributed by atoms with Gasteiger partial charge in [-0.3, -0.25) is 9.59 Å². The molecule has 0 radical (unpaired) electrons. The Kier molecular flexibility index (Phi) is 6.99. The van der Waals surface area contributed by atoms with Gasteiger partial charge in [-0.15, -0.1) is 0 Å². The molecule has 0 spiro atoms. The van der Waals surface area contributed by atoms with Gasteiger partial charge >= 0.3 is 5.97 Å². The monoisotopic (exact) mass is 465 g/mol. The zero-order chi connectivity index (χ0) is 23.4. The van der Waals surface area contributed by atoms with Crippen LogP contribution in [0.2, 0.25) is 5.02 Å². The van der Waals surface area contributed by atoms with Crippen molar-refractivity contribution in [3.8, 4) is 0 Å². The van der Waals surface area contributed by atoms with E-state index in [0.717, 1.165) is 36.8 Å². The van der Waals surface area contributed by atoms with E-state index in [0.29, 0.717) is 30.0 Å². The fourth-order valence-corrected chi connectivity index (χ4v) is 4.88. The van der Waals surface area contributed by atoms with E-state index in [9.17, 15) is 14.4 Å². The number of halogens is 1. The van der Waals surface area contributed by atoms with E-state index in [-0.39, 0.29) is 23.7 Å². The topological polar surface area (TPSA) is 63.7 Å².